The standard InChI is InChI=1S/C20H21F2N3O3/c1-13-4-7-18-23-15(9-19(26)25(18)10-13)12-24(2)11-14-5-6-16(28-20(21)22)17(8-14)27-3/h4-10,20H,11-12H2,1-3H3. The van der Waals surface area contributed by atoms with Crippen molar-refractivity contribution in [1.82, 2.24) is 14.3 Å². The third-order valence-electron chi connectivity index (χ3n) is 4.19. The second-order valence-corrected chi connectivity index (χ2v) is 6.56. The molecular weight excluding hydrogens is 368 g/mol. The SMILES string of the molecule is COc1cc(CN(C)Cc2cc(=O)n3cc(C)ccc3n2)ccc1OC(F)F. The van der Waals surface area contributed by atoms with Crippen molar-refractivity contribution in [3.8, 4) is 11.5 Å². The normalized spacial score (nSPS) is 11.4. The first kappa shape index (κ1) is 19.8. The molecule has 3 aromatic rings. The Hall–Kier alpha value is -3.00. The Morgan fingerprint density at radius 3 is 2.64 bits per heavy atom. The van der Waals surface area contributed by atoms with Crippen molar-refractivity contribution in [2.24, 2.45) is 0 Å². The Morgan fingerprint density at radius 1 is 1.14 bits per heavy atom. The van der Waals surface area contributed by atoms with Crippen molar-refractivity contribution < 1.29 is 18.3 Å². The van der Waals surface area contributed by atoms with Crippen molar-refractivity contribution in [3.63, 3.8) is 0 Å². The third kappa shape index (κ3) is 4.64. The molecule has 0 aliphatic heterocycles. The molecule has 148 valence electrons. The van der Waals surface area contributed by atoms with Crippen LogP contribution in [-0.2, 0) is 13.1 Å². The van der Waals surface area contributed by atoms with Gasteiger partial charge in [-0.3, -0.25) is 14.1 Å². The van der Waals surface area contributed by atoms with Crippen molar-refractivity contribution >= 4 is 5.65 Å². The first-order valence-electron chi connectivity index (χ1n) is 8.65. The van der Waals surface area contributed by atoms with E-state index >= 15 is 0 Å². The highest BCUT2D eigenvalue weighted by Crippen LogP contribution is 2.29. The molecule has 0 atom stereocenters. The number of alkyl halides is 2. The van der Waals surface area contributed by atoms with E-state index in [1.54, 1.807) is 18.3 Å². The second kappa shape index (κ2) is 8.35. The summed E-state index contributed by atoms with van der Waals surface area (Å²) in [4.78, 5) is 18.8. The Labute approximate surface area is 161 Å². The van der Waals surface area contributed by atoms with Crippen LogP contribution in [0, 0.1) is 6.92 Å². The van der Waals surface area contributed by atoms with Gasteiger partial charge in [-0.15, -0.1) is 0 Å². The number of hydrogen-bond acceptors (Lipinski definition) is 5. The Morgan fingerprint density at radius 2 is 1.93 bits per heavy atom. The molecule has 0 bridgehead atoms. The maximum atomic E-state index is 12.4. The lowest BCUT2D eigenvalue weighted by Gasteiger charge is -2.18. The van der Waals surface area contributed by atoms with Crippen LogP contribution < -0.4 is 15.0 Å². The van der Waals surface area contributed by atoms with E-state index in [-0.39, 0.29) is 17.1 Å². The Kier molecular flexibility index (Phi) is 5.89. The van der Waals surface area contributed by atoms with Crippen LogP contribution in [0.4, 0.5) is 8.78 Å². The largest absolute Gasteiger partial charge is 0.493 e. The molecule has 3 rings (SSSR count). The lowest BCUT2D eigenvalue weighted by molar-refractivity contribution is -0.0512. The van der Waals surface area contributed by atoms with Crippen LogP contribution in [0.2, 0.25) is 0 Å². The van der Waals surface area contributed by atoms with Gasteiger partial charge in [0.2, 0.25) is 0 Å². The summed E-state index contributed by atoms with van der Waals surface area (Å²) in [5.41, 5.74) is 2.95. The lowest BCUT2D eigenvalue weighted by atomic mass is 10.2. The summed E-state index contributed by atoms with van der Waals surface area (Å²) in [7, 11) is 3.28. The van der Waals surface area contributed by atoms with Gasteiger partial charge in [-0.25, -0.2) is 4.98 Å². The number of halogens is 2. The molecule has 0 fully saturated rings. The fourth-order valence-corrected chi connectivity index (χ4v) is 2.99. The zero-order valence-electron chi connectivity index (χ0n) is 15.9. The predicted molar refractivity (Wildman–Crippen MR) is 101 cm³/mol. The second-order valence-electron chi connectivity index (χ2n) is 6.56. The minimum Gasteiger partial charge on any atom is -0.493 e. The van der Waals surface area contributed by atoms with Crippen LogP contribution in [0.5, 0.6) is 11.5 Å². The first-order chi connectivity index (χ1) is 13.4. The zero-order chi connectivity index (χ0) is 20.3. The predicted octanol–water partition coefficient (Wildman–Crippen LogP) is 3.24. The molecule has 1 aromatic carbocycles. The van der Waals surface area contributed by atoms with Crippen molar-refractivity contribution in [3.05, 3.63) is 69.8 Å². The van der Waals surface area contributed by atoms with Crippen LogP contribution in [0.3, 0.4) is 0 Å². The summed E-state index contributed by atoms with van der Waals surface area (Å²) in [6, 6.07) is 10.0. The molecule has 0 amide bonds. The molecule has 2 aromatic heterocycles. The molecule has 0 N–H and O–H groups in total. The molecule has 8 heteroatoms. The van der Waals surface area contributed by atoms with Crippen molar-refractivity contribution in [2.45, 2.75) is 26.6 Å². The Bertz CT molecular complexity index is 1040. The number of nitrogens with zero attached hydrogens (tertiary/aromatic N) is 3. The lowest BCUT2D eigenvalue weighted by Crippen LogP contribution is -2.22. The summed E-state index contributed by atoms with van der Waals surface area (Å²) >= 11 is 0. The molecule has 6 nitrogen and oxygen atoms in total. The average molecular weight is 389 g/mol. The number of hydrogen-bond donors (Lipinski definition) is 0. The molecule has 0 spiro atoms. The number of pyridine rings is 1. The molecule has 0 saturated heterocycles. The summed E-state index contributed by atoms with van der Waals surface area (Å²) < 4.78 is 36.0. The van der Waals surface area contributed by atoms with Gasteiger partial charge in [0.1, 0.15) is 5.65 Å². The maximum Gasteiger partial charge on any atom is 0.387 e. The minimum atomic E-state index is -2.91. The summed E-state index contributed by atoms with van der Waals surface area (Å²) in [5, 5.41) is 0. The van der Waals surface area contributed by atoms with E-state index < -0.39 is 6.61 Å². The van der Waals surface area contributed by atoms with Gasteiger partial charge < -0.3 is 9.47 Å². The smallest absolute Gasteiger partial charge is 0.387 e. The summed E-state index contributed by atoms with van der Waals surface area (Å²) in [6.07, 6.45) is 1.76. The van der Waals surface area contributed by atoms with Gasteiger partial charge in [-0.1, -0.05) is 12.1 Å². The van der Waals surface area contributed by atoms with Gasteiger partial charge in [0.15, 0.2) is 11.5 Å². The first-order valence-corrected chi connectivity index (χ1v) is 8.65. The maximum absolute atomic E-state index is 12.4. The molecular formula is C20H21F2N3O3. The number of benzene rings is 1. The molecule has 0 radical (unpaired) electrons. The Balaban J connectivity index is 1.75. The van der Waals surface area contributed by atoms with Crippen molar-refractivity contribution in [1.29, 1.82) is 0 Å². The average Bonchev–Trinajstić information content (AvgIpc) is 2.63. The highest BCUT2D eigenvalue weighted by atomic mass is 19.3. The van der Waals surface area contributed by atoms with E-state index in [0.29, 0.717) is 24.4 Å². The fraction of sp³-hybridized carbons (Fsp3) is 0.300. The van der Waals surface area contributed by atoms with Gasteiger partial charge in [-0.2, -0.15) is 8.78 Å². The fourth-order valence-electron chi connectivity index (χ4n) is 2.99. The van der Waals surface area contributed by atoms with Crippen LogP contribution in [0.25, 0.3) is 5.65 Å². The van der Waals surface area contributed by atoms with Gasteiger partial charge in [0, 0.05) is 25.4 Å². The van der Waals surface area contributed by atoms with Crippen LogP contribution >= 0.6 is 0 Å². The van der Waals surface area contributed by atoms with E-state index in [2.05, 4.69) is 9.72 Å². The molecule has 0 saturated carbocycles. The third-order valence-corrected chi connectivity index (χ3v) is 4.19. The highest BCUT2D eigenvalue weighted by Gasteiger charge is 2.12. The van der Waals surface area contributed by atoms with E-state index in [4.69, 9.17) is 4.74 Å². The number of rotatable bonds is 7. The van der Waals surface area contributed by atoms with Crippen LogP contribution in [0.1, 0.15) is 16.8 Å². The van der Waals surface area contributed by atoms with Gasteiger partial charge in [-0.05, 0) is 43.3 Å². The van der Waals surface area contributed by atoms with Crippen LogP contribution in [0.15, 0.2) is 47.4 Å². The van der Waals surface area contributed by atoms with Gasteiger partial charge in [0.05, 0.1) is 12.8 Å². The highest BCUT2D eigenvalue weighted by molar-refractivity contribution is 5.43. The zero-order valence-corrected chi connectivity index (χ0v) is 15.9. The van der Waals surface area contributed by atoms with Gasteiger partial charge in [0.25, 0.3) is 5.56 Å². The number of aryl methyl sites for hydroxylation is 1. The number of methoxy groups -OCH3 is 1. The topological polar surface area (TPSA) is 56.1 Å². The molecule has 0 aliphatic carbocycles. The molecule has 2 heterocycles. The summed E-state index contributed by atoms with van der Waals surface area (Å²) in [6.45, 7) is -0.0268. The summed E-state index contributed by atoms with van der Waals surface area (Å²) in [5.74, 6) is 0.229. The van der Waals surface area contributed by atoms with E-state index in [1.807, 2.05) is 31.0 Å². The minimum absolute atomic E-state index is 0.0107. The van der Waals surface area contributed by atoms with E-state index in [1.165, 1.54) is 23.6 Å². The molecule has 0 aliphatic rings. The van der Waals surface area contributed by atoms with E-state index in [9.17, 15) is 13.6 Å². The monoisotopic (exact) mass is 389 g/mol. The molecule has 0 unspecified atom stereocenters. The van der Waals surface area contributed by atoms with Gasteiger partial charge >= 0.3 is 6.61 Å². The van der Waals surface area contributed by atoms with E-state index in [0.717, 1.165) is 11.1 Å². The number of fused-ring (bicyclic) bond motifs is 1. The quantitative estimate of drug-likeness (QED) is 0.621. The number of ether oxygens (including phenoxy) is 2. The van der Waals surface area contributed by atoms with Crippen LogP contribution in [-0.4, -0.2) is 35.1 Å². The van der Waals surface area contributed by atoms with Crippen molar-refractivity contribution in [2.75, 3.05) is 14.2 Å². The number of aromatic nitrogens is 2. The molecule has 28 heavy (non-hydrogen) atoms.